The lowest BCUT2D eigenvalue weighted by molar-refractivity contribution is 0.0896. The summed E-state index contributed by atoms with van der Waals surface area (Å²) in [5.74, 6) is 1.45. The van der Waals surface area contributed by atoms with Crippen molar-refractivity contribution >= 4 is 16.8 Å². The van der Waals surface area contributed by atoms with Crippen LogP contribution in [0.5, 0.6) is 11.5 Å². The van der Waals surface area contributed by atoms with Crippen LogP contribution < -0.4 is 9.47 Å². The van der Waals surface area contributed by atoms with Gasteiger partial charge < -0.3 is 13.9 Å². The molecule has 0 aliphatic heterocycles. The highest BCUT2D eigenvalue weighted by molar-refractivity contribution is 5.98. The number of furan rings is 1. The van der Waals surface area contributed by atoms with E-state index in [4.69, 9.17) is 13.9 Å². The Balaban J connectivity index is 1.32. The summed E-state index contributed by atoms with van der Waals surface area (Å²) in [6.07, 6.45) is 0. The number of para-hydroxylation sites is 1. The van der Waals surface area contributed by atoms with Gasteiger partial charge in [0.2, 0.25) is 5.78 Å². The fourth-order valence-electron chi connectivity index (χ4n) is 2.71. The summed E-state index contributed by atoms with van der Waals surface area (Å²) < 4.78 is 16.9. The molecule has 0 atom stereocenters. The zero-order valence-corrected chi connectivity index (χ0v) is 14.6. The minimum absolute atomic E-state index is 0.0793. The average Bonchev–Trinajstić information content (AvgIpc) is 3.16. The van der Waals surface area contributed by atoms with Crippen LogP contribution in [0.4, 0.5) is 0 Å². The third-order valence-corrected chi connectivity index (χ3v) is 4.14. The molecule has 0 N–H and O–H groups in total. The Morgan fingerprint density at radius 3 is 2.19 bits per heavy atom. The molecule has 0 bridgehead atoms. The van der Waals surface area contributed by atoms with Gasteiger partial charge >= 0.3 is 0 Å². The minimum Gasteiger partial charge on any atom is -0.489 e. The molecule has 134 valence electrons. The number of benzene rings is 3. The summed E-state index contributed by atoms with van der Waals surface area (Å²) in [4.78, 5) is 12.3. The number of carbonyl (C=O) groups excluding carboxylic acids is 1. The third-order valence-electron chi connectivity index (χ3n) is 4.14. The number of fused-ring (bicyclic) bond motifs is 1. The van der Waals surface area contributed by atoms with E-state index in [2.05, 4.69) is 0 Å². The van der Waals surface area contributed by atoms with E-state index in [1.54, 1.807) is 18.2 Å². The molecule has 4 aromatic rings. The quantitative estimate of drug-likeness (QED) is 0.422. The van der Waals surface area contributed by atoms with Crippen LogP contribution in [0, 0.1) is 0 Å². The first kappa shape index (κ1) is 16.9. The molecule has 4 heteroatoms. The molecule has 0 aliphatic carbocycles. The van der Waals surface area contributed by atoms with Crippen LogP contribution in [0.25, 0.3) is 11.0 Å². The standard InChI is InChI=1S/C23H18O4/c24-21(23-14-18-8-4-5-9-22(18)27-23)16-26-20-12-10-19(11-13-20)25-15-17-6-2-1-3-7-17/h1-14H,15-16H2. The lowest BCUT2D eigenvalue weighted by atomic mass is 10.2. The maximum Gasteiger partial charge on any atom is 0.235 e. The number of rotatable bonds is 7. The predicted molar refractivity (Wildman–Crippen MR) is 103 cm³/mol. The van der Waals surface area contributed by atoms with Crippen LogP contribution in [0.15, 0.2) is 89.3 Å². The van der Waals surface area contributed by atoms with Crippen molar-refractivity contribution < 1.29 is 18.7 Å². The third kappa shape index (κ3) is 4.18. The van der Waals surface area contributed by atoms with Crippen molar-refractivity contribution in [3.8, 4) is 11.5 Å². The number of hydrogen-bond acceptors (Lipinski definition) is 4. The molecule has 4 rings (SSSR count). The first-order chi connectivity index (χ1) is 13.3. The van der Waals surface area contributed by atoms with Gasteiger partial charge in [0.15, 0.2) is 12.4 Å². The highest BCUT2D eigenvalue weighted by atomic mass is 16.5. The molecule has 0 aliphatic rings. The Hall–Kier alpha value is -3.53. The molecule has 0 spiro atoms. The van der Waals surface area contributed by atoms with E-state index in [-0.39, 0.29) is 12.4 Å². The minimum atomic E-state index is -0.199. The van der Waals surface area contributed by atoms with E-state index in [0.29, 0.717) is 23.7 Å². The fraction of sp³-hybridized carbons (Fsp3) is 0.0870. The van der Waals surface area contributed by atoms with Gasteiger partial charge in [-0.05, 0) is 42.0 Å². The van der Waals surface area contributed by atoms with Gasteiger partial charge in [-0.1, -0.05) is 48.5 Å². The molecule has 0 fully saturated rings. The second-order valence-corrected chi connectivity index (χ2v) is 6.11. The Kier molecular flexibility index (Phi) is 4.88. The Morgan fingerprint density at radius 1 is 0.778 bits per heavy atom. The number of ether oxygens (including phenoxy) is 2. The van der Waals surface area contributed by atoms with Crippen LogP contribution in [-0.2, 0) is 6.61 Å². The van der Waals surface area contributed by atoms with Gasteiger partial charge in [-0.15, -0.1) is 0 Å². The second-order valence-electron chi connectivity index (χ2n) is 6.11. The van der Waals surface area contributed by atoms with Crippen molar-refractivity contribution in [1.29, 1.82) is 0 Å². The van der Waals surface area contributed by atoms with Gasteiger partial charge in [0.05, 0.1) is 0 Å². The van der Waals surface area contributed by atoms with E-state index in [0.717, 1.165) is 16.7 Å². The number of carbonyl (C=O) groups is 1. The Morgan fingerprint density at radius 2 is 1.44 bits per heavy atom. The van der Waals surface area contributed by atoms with Crippen LogP contribution in [-0.4, -0.2) is 12.4 Å². The first-order valence-corrected chi connectivity index (χ1v) is 8.69. The summed E-state index contributed by atoms with van der Waals surface area (Å²) in [6.45, 7) is 0.426. The van der Waals surface area contributed by atoms with Crippen molar-refractivity contribution in [2.24, 2.45) is 0 Å². The topological polar surface area (TPSA) is 48.7 Å². The summed E-state index contributed by atoms with van der Waals surface area (Å²) in [6, 6.07) is 26.4. The lowest BCUT2D eigenvalue weighted by Gasteiger charge is -2.08. The summed E-state index contributed by atoms with van der Waals surface area (Å²) in [7, 11) is 0. The lowest BCUT2D eigenvalue weighted by Crippen LogP contribution is -2.10. The highest BCUT2D eigenvalue weighted by Crippen LogP contribution is 2.21. The SMILES string of the molecule is O=C(COc1ccc(OCc2ccccc2)cc1)c1cc2ccccc2o1. The Bertz CT molecular complexity index is 1000. The van der Waals surface area contributed by atoms with Crippen molar-refractivity contribution in [1.82, 2.24) is 0 Å². The molecule has 1 heterocycles. The normalized spacial score (nSPS) is 10.7. The van der Waals surface area contributed by atoms with E-state index in [9.17, 15) is 4.79 Å². The first-order valence-electron chi connectivity index (χ1n) is 8.69. The molecule has 3 aromatic carbocycles. The van der Waals surface area contributed by atoms with E-state index < -0.39 is 0 Å². The van der Waals surface area contributed by atoms with Gasteiger partial charge in [-0.25, -0.2) is 0 Å². The van der Waals surface area contributed by atoms with Crippen molar-refractivity contribution in [2.75, 3.05) is 6.61 Å². The largest absolute Gasteiger partial charge is 0.489 e. The molecule has 0 saturated carbocycles. The van der Waals surface area contributed by atoms with Crippen LogP contribution in [0.2, 0.25) is 0 Å². The monoisotopic (exact) mass is 358 g/mol. The number of Topliss-reactive ketones (excluding diaryl/α,β-unsaturated/α-hetero) is 1. The molecule has 0 amide bonds. The summed E-state index contributed by atoms with van der Waals surface area (Å²) >= 11 is 0. The predicted octanol–water partition coefficient (Wildman–Crippen LogP) is 5.27. The van der Waals surface area contributed by atoms with Gasteiger partial charge in [-0.3, -0.25) is 4.79 Å². The number of hydrogen-bond donors (Lipinski definition) is 0. The van der Waals surface area contributed by atoms with E-state index in [1.165, 1.54) is 0 Å². The molecule has 1 aromatic heterocycles. The van der Waals surface area contributed by atoms with Crippen LogP contribution in [0.1, 0.15) is 16.1 Å². The molecular formula is C23H18O4. The maximum atomic E-state index is 12.3. The molecule has 0 saturated heterocycles. The Labute approximate surface area is 157 Å². The molecule has 4 nitrogen and oxygen atoms in total. The van der Waals surface area contributed by atoms with Crippen LogP contribution in [0.3, 0.4) is 0 Å². The van der Waals surface area contributed by atoms with Gasteiger partial charge in [-0.2, -0.15) is 0 Å². The smallest absolute Gasteiger partial charge is 0.235 e. The van der Waals surface area contributed by atoms with Crippen molar-refractivity contribution in [3.63, 3.8) is 0 Å². The fourth-order valence-corrected chi connectivity index (χ4v) is 2.71. The molecular weight excluding hydrogens is 340 g/mol. The maximum absolute atomic E-state index is 12.3. The zero-order valence-electron chi connectivity index (χ0n) is 14.6. The van der Waals surface area contributed by atoms with E-state index in [1.807, 2.05) is 66.7 Å². The molecule has 0 radical (unpaired) electrons. The summed E-state index contributed by atoms with van der Waals surface area (Å²) in [5.41, 5.74) is 1.80. The van der Waals surface area contributed by atoms with Crippen LogP contribution >= 0.6 is 0 Å². The second kappa shape index (κ2) is 7.79. The van der Waals surface area contributed by atoms with Gasteiger partial charge in [0.1, 0.15) is 23.7 Å². The molecule has 0 unspecified atom stereocenters. The van der Waals surface area contributed by atoms with Crippen molar-refractivity contribution in [2.45, 2.75) is 6.61 Å². The summed E-state index contributed by atoms with van der Waals surface area (Å²) in [5, 5.41) is 0.903. The molecule has 27 heavy (non-hydrogen) atoms. The highest BCUT2D eigenvalue weighted by Gasteiger charge is 2.13. The van der Waals surface area contributed by atoms with Gasteiger partial charge in [0.25, 0.3) is 0 Å². The van der Waals surface area contributed by atoms with Gasteiger partial charge in [0, 0.05) is 5.39 Å². The number of ketones is 1. The average molecular weight is 358 g/mol. The van der Waals surface area contributed by atoms with Crippen molar-refractivity contribution in [3.05, 3.63) is 96.3 Å². The van der Waals surface area contributed by atoms with E-state index >= 15 is 0 Å². The zero-order chi connectivity index (χ0) is 18.5.